The van der Waals surface area contributed by atoms with Gasteiger partial charge in [-0.15, -0.1) is 0 Å². The maximum Gasteiger partial charge on any atom is 0.149 e. The van der Waals surface area contributed by atoms with Crippen LogP contribution in [0.25, 0.3) is 0 Å². The second kappa shape index (κ2) is 4.69. The minimum absolute atomic E-state index is 0.148. The van der Waals surface area contributed by atoms with E-state index in [0.717, 1.165) is 18.8 Å². The summed E-state index contributed by atoms with van der Waals surface area (Å²) in [7, 11) is 0. The number of hydrogen-bond donors (Lipinski definition) is 0. The van der Waals surface area contributed by atoms with Gasteiger partial charge in [-0.1, -0.05) is 30.0 Å². The van der Waals surface area contributed by atoms with Crippen molar-refractivity contribution in [1.82, 2.24) is 0 Å². The smallest absolute Gasteiger partial charge is 0.149 e. The molecule has 1 heterocycles. The van der Waals surface area contributed by atoms with Crippen LogP contribution in [0.4, 0.5) is 0 Å². The van der Waals surface area contributed by atoms with Gasteiger partial charge >= 0.3 is 0 Å². The molecule has 1 aromatic carbocycles. The lowest BCUT2D eigenvalue weighted by atomic mass is 10.2. The van der Waals surface area contributed by atoms with Crippen molar-refractivity contribution in [3.8, 4) is 17.6 Å². The molecule has 0 unspecified atom stereocenters. The zero-order valence-corrected chi connectivity index (χ0v) is 7.90. The van der Waals surface area contributed by atoms with Crippen LogP contribution in [0.3, 0.4) is 0 Å². The van der Waals surface area contributed by atoms with Crippen molar-refractivity contribution >= 4 is 0 Å². The summed E-state index contributed by atoms with van der Waals surface area (Å²) < 4.78 is 10.5. The van der Waals surface area contributed by atoms with Crippen LogP contribution in [-0.2, 0) is 4.74 Å². The van der Waals surface area contributed by atoms with Crippen molar-refractivity contribution in [1.29, 1.82) is 0 Å². The zero-order valence-electron chi connectivity index (χ0n) is 7.90. The molecular weight excluding hydrogens is 176 g/mol. The molecule has 1 aliphatic rings. The second-order valence-electron chi connectivity index (χ2n) is 3.07. The van der Waals surface area contributed by atoms with Gasteiger partial charge in [-0.05, 0) is 12.1 Å². The van der Waals surface area contributed by atoms with E-state index in [4.69, 9.17) is 9.47 Å². The van der Waals surface area contributed by atoms with Crippen molar-refractivity contribution in [2.45, 2.75) is 12.5 Å². The Morgan fingerprint density at radius 1 is 1.36 bits per heavy atom. The van der Waals surface area contributed by atoms with E-state index in [-0.39, 0.29) is 6.10 Å². The number of para-hydroxylation sites is 1. The monoisotopic (exact) mass is 188 g/mol. The topological polar surface area (TPSA) is 18.5 Å². The van der Waals surface area contributed by atoms with Crippen molar-refractivity contribution in [3.63, 3.8) is 0 Å². The molecule has 1 aromatic rings. The highest BCUT2D eigenvalue weighted by Gasteiger charge is 2.13. The summed E-state index contributed by atoms with van der Waals surface area (Å²) in [5, 5.41) is 0. The van der Waals surface area contributed by atoms with E-state index >= 15 is 0 Å². The fourth-order valence-corrected chi connectivity index (χ4v) is 1.14. The highest BCUT2D eigenvalue weighted by atomic mass is 16.5. The third-order valence-electron chi connectivity index (χ3n) is 2.02. The number of rotatable bonds is 2. The first-order chi connectivity index (χ1) is 6.95. The lowest BCUT2D eigenvalue weighted by Crippen LogP contribution is -2.24. The van der Waals surface area contributed by atoms with Crippen molar-refractivity contribution in [2.24, 2.45) is 0 Å². The van der Waals surface area contributed by atoms with Gasteiger partial charge < -0.3 is 9.47 Å². The van der Waals surface area contributed by atoms with Crippen molar-refractivity contribution in [3.05, 3.63) is 30.3 Å². The van der Waals surface area contributed by atoms with Crippen LogP contribution in [0.1, 0.15) is 6.42 Å². The van der Waals surface area contributed by atoms with Crippen LogP contribution in [-0.4, -0.2) is 19.3 Å². The van der Waals surface area contributed by atoms with Gasteiger partial charge in [-0.2, -0.15) is 0 Å². The van der Waals surface area contributed by atoms with E-state index in [1.165, 1.54) is 0 Å². The Morgan fingerprint density at radius 3 is 2.79 bits per heavy atom. The molecule has 1 saturated heterocycles. The molecule has 2 nitrogen and oxygen atoms in total. The van der Waals surface area contributed by atoms with Crippen LogP contribution in [0.5, 0.6) is 5.75 Å². The molecule has 0 radical (unpaired) electrons. The van der Waals surface area contributed by atoms with Gasteiger partial charge in [-0.3, -0.25) is 0 Å². The van der Waals surface area contributed by atoms with E-state index < -0.39 is 0 Å². The van der Waals surface area contributed by atoms with Crippen LogP contribution in [0, 0.1) is 11.8 Å². The van der Waals surface area contributed by atoms with E-state index in [0.29, 0.717) is 6.61 Å². The third kappa shape index (κ3) is 2.51. The molecule has 72 valence electrons. The standard InChI is InChI=1S/C12H12O2/c1-2-5-11(6-3-1)13-9-4-7-12-8-10-14-12/h1-3,5-6,12H,8-10H2/t12-/m1/s1. The maximum absolute atomic E-state index is 5.40. The molecule has 0 N–H and O–H groups in total. The summed E-state index contributed by atoms with van der Waals surface area (Å²) in [4.78, 5) is 0. The second-order valence-corrected chi connectivity index (χ2v) is 3.07. The van der Waals surface area contributed by atoms with E-state index in [9.17, 15) is 0 Å². The Bertz CT molecular complexity index is 330. The van der Waals surface area contributed by atoms with Gasteiger partial charge in [0.05, 0.1) is 6.61 Å². The average Bonchev–Trinajstić information content (AvgIpc) is 2.16. The Kier molecular flexibility index (Phi) is 3.05. The Labute approximate surface area is 83.8 Å². The third-order valence-corrected chi connectivity index (χ3v) is 2.02. The minimum atomic E-state index is 0.148. The molecule has 1 atom stereocenters. The Hall–Kier alpha value is -1.46. The summed E-state index contributed by atoms with van der Waals surface area (Å²) in [5.74, 6) is 6.79. The quantitative estimate of drug-likeness (QED) is 0.659. The first kappa shape index (κ1) is 9.11. The van der Waals surface area contributed by atoms with E-state index in [2.05, 4.69) is 11.8 Å². The summed E-state index contributed by atoms with van der Waals surface area (Å²) in [6.45, 7) is 1.28. The molecular formula is C12H12O2. The fraction of sp³-hybridized carbons (Fsp3) is 0.333. The van der Waals surface area contributed by atoms with Gasteiger partial charge in [0.2, 0.25) is 0 Å². The summed E-state index contributed by atoms with van der Waals surface area (Å²) in [5.41, 5.74) is 0. The first-order valence-corrected chi connectivity index (χ1v) is 4.73. The van der Waals surface area contributed by atoms with Gasteiger partial charge in [0, 0.05) is 6.42 Å². The van der Waals surface area contributed by atoms with Crippen LogP contribution in [0.2, 0.25) is 0 Å². The molecule has 2 heteroatoms. The molecule has 0 amide bonds. The highest BCUT2D eigenvalue weighted by Crippen LogP contribution is 2.09. The Morgan fingerprint density at radius 2 is 2.14 bits per heavy atom. The molecule has 0 aliphatic carbocycles. The van der Waals surface area contributed by atoms with E-state index in [1.54, 1.807) is 0 Å². The predicted molar refractivity (Wildman–Crippen MR) is 54.1 cm³/mol. The lowest BCUT2D eigenvalue weighted by molar-refractivity contribution is -0.0123. The summed E-state index contributed by atoms with van der Waals surface area (Å²) in [6, 6.07) is 9.68. The van der Waals surface area contributed by atoms with Gasteiger partial charge in [-0.25, -0.2) is 0 Å². The molecule has 0 aromatic heterocycles. The minimum Gasteiger partial charge on any atom is -0.481 e. The van der Waals surface area contributed by atoms with Crippen LogP contribution < -0.4 is 4.74 Å². The molecule has 0 spiro atoms. The zero-order chi connectivity index (χ0) is 9.64. The average molecular weight is 188 g/mol. The number of ether oxygens (including phenoxy) is 2. The molecule has 0 saturated carbocycles. The van der Waals surface area contributed by atoms with Crippen LogP contribution in [0.15, 0.2) is 30.3 Å². The van der Waals surface area contributed by atoms with E-state index in [1.807, 2.05) is 30.3 Å². The number of hydrogen-bond acceptors (Lipinski definition) is 2. The van der Waals surface area contributed by atoms with Crippen molar-refractivity contribution in [2.75, 3.05) is 13.2 Å². The van der Waals surface area contributed by atoms with Crippen LogP contribution >= 0.6 is 0 Å². The molecule has 2 rings (SSSR count). The SMILES string of the molecule is C(#C[C@@H]1CCO1)COc1ccccc1. The predicted octanol–water partition coefficient (Wildman–Crippen LogP) is 1.86. The molecule has 1 fully saturated rings. The maximum atomic E-state index is 5.40. The summed E-state index contributed by atoms with van der Waals surface area (Å²) in [6.07, 6.45) is 1.20. The van der Waals surface area contributed by atoms with Gasteiger partial charge in [0.25, 0.3) is 0 Å². The first-order valence-electron chi connectivity index (χ1n) is 4.73. The van der Waals surface area contributed by atoms with Crippen molar-refractivity contribution < 1.29 is 9.47 Å². The molecule has 0 bridgehead atoms. The Balaban J connectivity index is 1.74. The molecule has 1 aliphatic heterocycles. The van der Waals surface area contributed by atoms with Gasteiger partial charge in [0.1, 0.15) is 18.5 Å². The lowest BCUT2D eigenvalue weighted by Gasteiger charge is -2.20. The van der Waals surface area contributed by atoms with Gasteiger partial charge in [0.15, 0.2) is 0 Å². The highest BCUT2D eigenvalue weighted by molar-refractivity contribution is 5.21. The fourth-order valence-electron chi connectivity index (χ4n) is 1.14. The molecule has 14 heavy (non-hydrogen) atoms. The number of benzene rings is 1. The largest absolute Gasteiger partial charge is 0.481 e. The summed E-state index contributed by atoms with van der Waals surface area (Å²) >= 11 is 0. The normalized spacial score (nSPS) is 19.0.